The Morgan fingerprint density at radius 2 is 1.83 bits per heavy atom. The van der Waals surface area contributed by atoms with Crippen LogP contribution in [0, 0.1) is 6.92 Å². The fourth-order valence-corrected chi connectivity index (χ4v) is 2.14. The lowest BCUT2D eigenvalue weighted by atomic mass is 10.1. The Bertz CT molecular complexity index is 711. The van der Waals surface area contributed by atoms with Crippen molar-refractivity contribution in [1.82, 2.24) is 0 Å². The number of hydrogen-bond donors (Lipinski definition) is 1. The number of carbonyl (C=O) groups excluding carboxylic acids is 2. The van der Waals surface area contributed by atoms with Crippen molar-refractivity contribution in [3.63, 3.8) is 0 Å². The third kappa shape index (κ3) is 4.83. The summed E-state index contributed by atoms with van der Waals surface area (Å²) >= 11 is 6.01. The van der Waals surface area contributed by atoms with Gasteiger partial charge in [0.25, 0.3) is 5.91 Å². The fraction of sp³-hybridized carbons (Fsp3) is 0.222. The van der Waals surface area contributed by atoms with Crippen molar-refractivity contribution in [3.05, 3.63) is 58.6 Å². The lowest BCUT2D eigenvalue weighted by Crippen LogP contribution is -2.20. The average molecular weight is 332 g/mol. The third-order valence-electron chi connectivity index (χ3n) is 3.32. The average Bonchev–Trinajstić information content (AvgIpc) is 2.56. The minimum atomic E-state index is -0.279. The molecular weight excluding hydrogens is 314 g/mol. The molecule has 0 unspecified atom stereocenters. The van der Waals surface area contributed by atoms with E-state index in [9.17, 15) is 9.59 Å². The van der Waals surface area contributed by atoms with Crippen LogP contribution in [0.2, 0.25) is 5.02 Å². The van der Waals surface area contributed by atoms with E-state index in [0.717, 1.165) is 5.56 Å². The van der Waals surface area contributed by atoms with Crippen molar-refractivity contribution >= 4 is 29.0 Å². The van der Waals surface area contributed by atoms with Crippen molar-refractivity contribution in [1.29, 1.82) is 0 Å². The Kier molecular flexibility index (Phi) is 5.77. The summed E-state index contributed by atoms with van der Waals surface area (Å²) in [6.45, 7) is 3.59. The molecule has 0 bridgehead atoms. The standard InChI is InChI=1S/C18H18ClNO3/c1-3-17(21)13-5-8-15(9-6-13)23-11-18(22)20-14-7-4-12(2)16(19)10-14/h4-10H,3,11H2,1-2H3,(H,20,22). The molecule has 0 aliphatic carbocycles. The monoisotopic (exact) mass is 331 g/mol. The van der Waals surface area contributed by atoms with Crippen molar-refractivity contribution < 1.29 is 14.3 Å². The lowest BCUT2D eigenvalue weighted by Gasteiger charge is -2.09. The van der Waals surface area contributed by atoms with Gasteiger partial charge in [-0.3, -0.25) is 9.59 Å². The van der Waals surface area contributed by atoms with Crippen molar-refractivity contribution in [2.24, 2.45) is 0 Å². The number of ether oxygens (including phenoxy) is 1. The summed E-state index contributed by atoms with van der Waals surface area (Å²) < 4.78 is 5.41. The summed E-state index contributed by atoms with van der Waals surface area (Å²) in [5.74, 6) is 0.332. The summed E-state index contributed by atoms with van der Waals surface area (Å²) in [4.78, 5) is 23.4. The molecule has 0 radical (unpaired) electrons. The minimum Gasteiger partial charge on any atom is -0.484 e. The zero-order chi connectivity index (χ0) is 16.8. The van der Waals surface area contributed by atoms with Gasteiger partial charge in [-0.25, -0.2) is 0 Å². The van der Waals surface area contributed by atoms with Gasteiger partial charge >= 0.3 is 0 Å². The summed E-state index contributed by atoms with van der Waals surface area (Å²) in [5, 5.41) is 3.31. The van der Waals surface area contributed by atoms with Crippen molar-refractivity contribution in [2.45, 2.75) is 20.3 Å². The molecule has 0 heterocycles. The normalized spacial score (nSPS) is 10.2. The van der Waals surface area contributed by atoms with Gasteiger partial charge in [0, 0.05) is 22.7 Å². The molecule has 1 N–H and O–H groups in total. The van der Waals surface area contributed by atoms with E-state index in [-0.39, 0.29) is 18.3 Å². The molecule has 120 valence electrons. The van der Waals surface area contributed by atoms with E-state index >= 15 is 0 Å². The first-order chi connectivity index (χ1) is 11.0. The van der Waals surface area contributed by atoms with Gasteiger partial charge in [-0.1, -0.05) is 24.6 Å². The fourth-order valence-electron chi connectivity index (χ4n) is 1.96. The molecule has 0 saturated carbocycles. The number of hydrogen-bond acceptors (Lipinski definition) is 3. The smallest absolute Gasteiger partial charge is 0.262 e. The largest absolute Gasteiger partial charge is 0.484 e. The van der Waals surface area contributed by atoms with Gasteiger partial charge in [0.15, 0.2) is 12.4 Å². The molecule has 0 fully saturated rings. The molecule has 2 aromatic carbocycles. The molecule has 0 saturated heterocycles. The Hall–Kier alpha value is -2.33. The van der Waals surface area contributed by atoms with Crippen LogP contribution < -0.4 is 10.1 Å². The second-order valence-corrected chi connectivity index (χ2v) is 5.51. The number of aryl methyl sites for hydroxylation is 1. The molecule has 0 spiro atoms. The number of halogens is 1. The van der Waals surface area contributed by atoms with E-state index in [1.807, 2.05) is 19.9 Å². The molecule has 0 aliphatic rings. The van der Waals surface area contributed by atoms with Crippen molar-refractivity contribution in [2.75, 3.05) is 11.9 Å². The number of nitrogens with one attached hydrogen (secondary N) is 1. The van der Waals surface area contributed by atoms with Gasteiger partial charge in [-0.15, -0.1) is 0 Å². The highest BCUT2D eigenvalue weighted by molar-refractivity contribution is 6.31. The van der Waals surface area contributed by atoms with E-state index in [2.05, 4.69) is 5.32 Å². The predicted molar refractivity (Wildman–Crippen MR) is 91.4 cm³/mol. The molecule has 1 amide bonds. The topological polar surface area (TPSA) is 55.4 Å². The highest BCUT2D eigenvalue weighted by atomic mass is 35.5. The maximum atomic E-state index is 11.9. The van der Waals surface area contributed by atoms with Crippen LogP contribution in [0.25, 0.3) is 0 Å². The number of benzene rings is 2. The minimum absolute atomic E-state index is 0.0746. The number of carbonyl (C=O) groups is 2. The van der Waals surface area contributed by atoms with Gasteiger partial charge in [0.05, 0.1) is 0 Å². The van der Waals surface area contributed by atoms with E-state index in [0.29, 0.717) is 28.4 Å². The first kappa shape index (κ1) is 17.0. The molecule has 5 heteroatoms. The van der Waals surface area contributed by atoms with Gasteiger partial charge < -0.3 is 10.1 Å². The molecular formula is C18H18ClNO3. The second kappa shape index (κ2) is 7.79. The van der Waals surface area contributed by atoms with Crippen LogP contribution in [0.4, 0.5) is 5.69 Å². The van der Waals surface area contributed by atoms with Gasteiger partial charge in [0.2, 0.25) is 0 Å². The number of ketones is 1. The number of Topliss-reactive ketones (excluding diaryl/α,β-unsaturated/α-hetero) is 1. The van der Waals surface area contributed by atoms with Gasteiger partial charge in [-0.05, 0) is 48.9 Å². The Morgan fingerprint density at radius 1 is 1.13 bits per heavy atom. The highest BCUT2D eigenvalue weighted by Crippen LogP contribution is 2.20. The molecule has 4 nitrogen and oxygen atoms in total. The molecule has 0 aliphatic heterocycles. The van der Waals surface area contributed by atoms with E-state index in [1.165, 1.54) is 0 Å². The van der Waals surface area contributed by atoms with Gasteiger partial charge in [-0.2, -0.15) is 0 Å². The number of anilines is 1. The van der Waals surface area contributed by atoms with Crippen LogP contribution in [0.1, 0.15) is 29.3 Å². The number of rotatable bonds is 6. The van der Waals surface area contributed by atoms with Crippen LogP contribution in [-0.4, -0.2) is 18.3 Å². The van der Waals surface area contributed by atoms with Gasteiger partial charge in [0.1, 0.15) is 5.75 Å². The first-order valence-corrected chi connectivity index (χ1v) is 7.69. The summed E-state index contributed by atoms with van der Waals surface area (Å²) in [6, 6.07) is 12.1. The maximum Gasteiger partial charge on any atom is 0.262 e. The summed E-state index contributed by atoms with van der Waals surface area (Å²) in [7, 11) is 0. The van der Waals surface area contributed by atoms with Crippen LogP contribution in [0.15, 0.2) is 42.5 Å². The van der Waals surface area contributed by atoms with E-state index < -0.39 is 0 Å². The Labute approximate surface area is 140 Å². The summed E-state index contributed by atoms with van der Waals surface area (Å²) in [5.41, 5.74) is 2.21. The van der Waals surface area contributed by atoms with Crippen LogP contribution in [-0.2, 0) is 4.79 Å². The molecule has 2 aromatic rings. The third-order valence-corrected chi connectivity index (χ3v) is 3.73. The van der Waals surface area contributed by atoms with Crippen molar-refractivity contribution in [3.8, 4) is 5.75 Å². The Balaban J connectivity index is 1.88. The zero-order valence-electron chi connectivity index (χ0n) is 13.1. The Morgan fingerprint density at radius 3 is 2.43 bits per heavy atom. The summed E-state index contributed by atoms with van der Waals surface area (Å²) in [6.07, 6.45) is 0.460. The molecule has 0 aromatic heterocycles. The molecule has 2 rings (SSSR count). The quantitative estimate of drug-likeness (QED) is 0.805. The predicted octanol–water partition coefficient (Wildman–Crippen LogP) is 4.26. The van der Waals surface area contributed by atoms with Crippen LogP contribution >= 0.6 is 11.6 Å². The highest BCUT2D eigenvalue weighted by Gasteiger charge is 2.06. The lowest BCUT2D eigenvalue weighted by molar-refractivity contribution is -0.118. The SMILES string of the molecule is CCC(=O)c1ccc(OCC(=O)Nc2ccc(C)c(Cl)c2)cc1. The second-order valence-electron chi connectivity index (χ2n) is 5.10. The van der Waals surface area contributed by atoms with Crippen LogP contribution in [0.3, 0.4) is 0 Å². The first-order valence-electron chi connectivity index (χ1n) is 7.31. The maximum absolute atomic E-state index is 11.9. The van der Waals surface area contributed by atoms with E-state index in [1.54, 1.807) is 36.4 Å². The molecule has 23 heavy (non-hydrogen) atoms. The zero-order valence-corrected chi connectivity index (χ0v) is 13.8. The number of amides is 1. The van der Waals surface area contributed by atoms with E-state index in [4.69, 9.17) is 16.3 Å². The molecule has 0 atom stereocenters. The van der Waals surface area contributed by atoms with Crippen LogP contribution in [0.5, 0.6) is 5.75 Å².